The van der Waals surface area contributed by atoms with Crippen LogP contribution in [0.5, 0.6) is 46.0 Å². The molecule has 0 spiro atoms. The molecule has 0 aromatic heterocycles. The van der Waals surface area contributed by atoms with E-state index < -0.39 is 48.5 Å². The average molecular weight is 1530 g/mol. The van der Waals surface area contributed by atoms with Crippen LogP contribution in [0.3, 0.4) is 0 Å². The lowest BCUT2D eigenvalue weighted by molar-refractivity contribution is -0.131. The quantitative estimate of drug-likeness (QED) is 0.0132. The van der Waals surface area contributed by atoms with Crippen molar-refractivity contribution in [3.8, 4) is 46.0 Å². The number of nitrogens with zero attached hydrogens (tertiary/aromatic N) is 4. The molecule has 0 fully saturated rings. The molecule has 0 saturated carbocycles. The number of carbonyl (C=O) groups is 10. The van der Waals surface area contributed by atoms with Gasteiger partial charge in [-0.05, 0) is 160 Å². The van der Waals surface area contributed by atoms with Crippen LogP contribution in [0.2, 0.25) is 0 Å². The smallest absolute Gasteiger partial charge is 0.262 e. The molecule has 0 aliphatic carbocycles. The fraction of sp³-hybridized carbons (Fsp3) is 0.196. The minimum atomic E-state index is -0.852. The normalized spacial score (nSPS) is 12.2. The van der Waals surface area contributed by atoms with Crippen LogP contribution >= 0.6 is 0 Å². The molecule has 0 bridgehead atoms. The largest absolute Gasteiger partial charge is 0.457 e. The summed E-state index contributed by atoms with van der Waals surface area (Å²) < 4.78 is 28.9. The second-order valence-corrected chi connectivity index (χ2v) is 28.7. The summed E-state index contributed by atoms with van der Waals surface area (Å²) in [6, 6.07) is 52.8. The third kappa shape index (κ3) is 16.8. The first-order valence-corrected chi connectivity index (χ1v) is 37.2. The molecule has 22 nitrogen and oxygen atoms in total. The predicted octanol–water partition coefficient (Wildman–Crippen LogP) is 14.4. The summed E-state index contributed by atoms with van der Waals surface area (Å²) in [5.41, 5.74) is 6.00. The van der Waals surface area contributed by atoms with E-state index in [1.807, 2.05) is 109 Å². The van der Waals surface area contributed by atoms with Gasteiger partial charge >= 0.3 is 0 Å². The lowest BCUT2D eigenvalue weighted by atomic mass is 9.80. The third-order valence-corrected chi connectivity index (χ3v) is 20.0. The van der Waals surface area contributed by atoms with Gasteiger partial charge in [-0.1, -0.05) is 136 Å². The molecule has 4 N–H and O–H groups in total. The van der Waals surface area contributed by atoms with Gasteiger partial charge in [0.05, 0.1) is 22.3 Å². The van der Waals surface area contributed by atoms with Crippen LogP contribution in [0.15, 0.2) is 231 Å². The lowest BCUT2D eigenvalue weighted by Gasteiger charge is -2.33. The second-order valence-electron chi connectivity index (χ2n) is 28.7. The molecule has 114 heavy (non-hydrogen) atoms. The molecule has 2 heterocycles. The zero-order valence-corrected chi connectivity index (χ0v) is 64.1. The molecule has 0 radical (unpaired) electrons. The van der Waals surface area contributed by atoms with E-state index in [1.54, 1.807) is 90.3 Å². The first-order chi connectivity index (χ1) is 54.8. The van der Waals surface area contributed by atoms with Gasteiger partial charge in [0.1, 0.15) is 59.1 Å². The van der Waals surface area contributed by atoms with Gasteiger partial charge in [0.25, 0.3) is 23.6 Å². The monoisotopic (exact) mass is 1520 g/mol. The highest BCUT2D eigenvalue weighted by Gasteiger charge is 2.43. The first-order valence-electron chi connectivity index (χ1n) is 37.2. The Balaban J connectivity index is 1.10. The van der Waals surface area contributed by atoms with Crippen molar-refractivity contribution in [3.63, 3.8) is 0 Å². The summed E-state index contributed by atoms with van der Waals surface area (Å²) in [7, 11) is 3.16. The van der Waals surface area contributed by atoms with Crippen molar-refractivity contribution >= 4 is 102 Å². The van der Waals surface area contributed by atoms with Crippen molar-refractivity contribution in [2.24, 2.45) is 0 Å². The van der Waals surface area contributed by atoms with Crippen molar-refractivity contribution in [3.05, 3.63) is 286 Å². The van der Waals surface area contributed by atoms with Gasteiger partial charge in [0.15, 0.2) is 0 Å². The highest BCUT2D eigenvalue weighted by Crippen LogP contribution is 2.58. The highest BCUT2D eigenvalue weighted by atomic mass is 16.5. The number of amides is 10. The summed E-state index contributed by atoms with van der Waals surface area (Å²) in [4.78, 5) is 148. The summed E-state index contributed by atoms with van der Waals surface area (Å²) in [5, 5.41) is 12.8. The highest BCUT2D eigenvalue weighted by molar-refractivity contribution is 6.45. The van der Waals surface area contributed by atoms with E-state index in [9.17, 15) is 28.8 Å². The number of fused-ring (bicyclic) bond motifs is 2. The van der Waals surface area contributed by atoms with Gasteiger partial charge in [0.2, 0.25) is 35.4 Å². The molecule has 13 rings (SSSR count). The standard InChI is InChI=1S/C92H84N8O14/c1-53(2)85(103)93-41-37-57-21-29-63(30-22-57)111-71-45-67-77-68(90(108)99(89(67)107)51-75(101)97(9)49-61-17-13-11-14-18-61)47-73(113-65-33-25-59(26-34-65)39-43-95-87(105)55(5)6)81-82-74(114-66-35-27-60(28-36-66)40-44-96-88(106)56(7)8)48-70-78-69(91(109)100(92(70)110)52-76(102)98(10)50-62-19-15-12-16-20-62)46-72(80(84(78)82)79(71)83(77)81)112-64-31-23-58(24-32-64)38-42-94-86(104)54(3)4/h11-36,45-48H,1,3,5,7,37-44,49-52H2,2,4,6,8-10H3,(H,93,103)(H,94,104)(H,95,105)(H,96,106). The number of ether oxygens (including phenoxy) is 4. The van der Waals surface area contributed by atoms with Crippen molar-refractivity contribution in [2.45, 2.75) is 66.5 Å². The van der Waals surface area contributed by atoms with Gasteiger partial charge in [-0.3, -0.25) is 57.7 Å². The van der Waals surface area contributed by atoms with E-state index in [4.69, 9.17) is 18.9 Å². The van der Waals surface area contributed by atoms with Crippen LogP contribution in [0.4, 0.5) is 0 Å². The molecule has 2 aliphatic rings. The number of benzene rings is 11. The molecule has 0 unspecified atom stereocenters. The fourth-order valence-electron chi connectivity index (χ4n) is 13.9. The van der Waals surface area contributed by atoms with E-state index in [2.05, 4.69) is 47.6 Å². The van der Waals surface area contributed by atoms with E-state index in [0.29, 0.717) is 48.0 Å². The predicted molar refractivity (Wildman–Crippen MR) is 436 cm³/mol. The maximum Gasteiger partial charge on any atom is 0.262 e. The fourth-order valence-corrected chi connectivity index (χ4v) is 13.9. The van der Waals surface area contributed by atoms with Crippen LogP contribution in [-0.4, -0.2) is 132 Å². The average Bonchev–Trinajstić information content (AvgIpc) is 0.671. The number of nitrogens with one attached hydrogen (secondary N) is 4. The minimum Gasteiger partial charge on any atom is -0.457 e. The van der Waals surface area contributed by atoms with Gasteiger partial charge in [-0.15, -0.1) is 0 Å². The van der Waals surface area contributed by atoms with Gasteiger partial charge in [-0.25, -0.2) is 0 Å². The molecule has 0 atom stereocenters. The Kier molecular flexibility index (Phi) is 23.1. The molecular weight excluding hydrogens is 1440 g/mol. The molecule has 10 amide bonds. The van der Waals surface area contributed by atoms with E-state index >= 15 is 19.2 Å². The Hall–Kier alpha value is -14.0. The summed E-state index contributed by atoms with van der Waals surface area (Å²) in [6.45, 7) is 21.5. The maximum absolute atomic E-state index is 16.0. The molecule has 11 aromatic carbocycles. The van der Waals surface area contributed by atoms with Crippen LogP contribution in [-0.2, 0) is 67.5 Å². The van der Waals surface area contributed by atoms with E-state index in [0.717, 1.165) is 43.2 Å². The Bertz CT molecular complexity index is 5130. The zero-order valence-electron chi connectivity index (χ0n) is 64.1. The topological polar surface area (TPSA) is 269 Å². The number of carbonyl (C=O) groups excluding carboxylic acids is 10. The SMILES string of the molecule is C=C(C)C(=O)NCCc1ccc(Oc2cc3c4c(cc(Oc5ccc(CCNC(=O)C(=C)C)cc5)c5c6c(Oc7ccc(CCNC(=O)C(=C)C)cc7)cc7c8c(cc(Oc9ccc(CCNC(=O)C(=C)C)cc9)c(c2c45)c86)C(=O)N(CC(=O)N(C)Cc2ccccc2)C7=O)C(=O)N(CC(=O)N(C)Cc2ccccc2)C3=O)cc1. The van der Waals surface area contributed by atoms with Crippen molar-refractivity contribution in [1.29, 1.82) is 0 Å². The Morgan fingerprint density at radius 1 is 0.316 bits per heavy atom. The molecule has 0 saturated heterocycles. The molecule has 11 aromatic rings. The van der Waals surface area contributed by atoms with E-state index in [1.165, 1.54) is 34.1 Å². The summed E-state index contributed by atoms with van der Waals surface area (Å²) in [6.07, 6.45) is 1.67. The van der Waals surface area contributed by atoms with Gasteiger partial charge in [-0.2, -0.15) is 0 Å². The summed E-state index contributed by atoms with van der Waals surface area (Å²) >= 11 is 0. The van der Waals surface area contributed by atoms with Gasteiger partial charge in [0, 0.05) is 119 Å². The summed E-state index contributed by atoms with van der Waals surface area (Å²) in [5.74, 6) is -4.78. The zero-order chi connectivity index (χ0) is 80.8. The van der Waals surface area contributed by atoms with Crippen molar-refractivity contribution in [1.82, 2.24) is 40.9 Å². The second kappa shape index (κ2) is 33.7. The third-order valence-electron chi connectivity index (χ3n) is 20.0. The van der Waals surface area contributed by atoms with Crippen LogP contribution < -0.4 is 40.2 Å². The minimum absolute atomic E-state index is 0.00965. The van der Waals surface area contributed by atoms with E-state index in [-0.39, 0.29) is 174 Å². The number of likely N-dealkylation sites (N-methyl/N-ethyl adjacent to an activating group) is 2. The Morgan fingerprint density at radius 2 is 0.544 bits per heavy atom. The molecule has 576 valence electrons. The number of hydrogen-bond acceptors (Lipinski definition) is 14. The lowest BCUT2D eigenvalue weighted by Crippen LogP contribution is -2.46. The molecule has 2 aliphatic heterocycles. The van der Waals surface area contributed by atoms with Crippen LogP contribution in [0, 0.1) is 0 Å². The molecule has 22 heteroatoms. The van der Waals surface area contributed by atoms with Gasteiger partial charge < -0.3 is 50.0 Å². The number of hydrogen-bond donors (Lipinski definition) is 4. The first kappa shape index (κ1) is 78.1. The Morgan fingerprint density at radius 3 is 0.763 bits per heavy atom. The number of rotatable bonds is 32. The Labute approximate surface area is 658 Å². The van der Waals surface area contributed by atoms with Crippen LogP contribution in [0.1, 0.15) is 103 Å². The maximum atomic E-state index is 16.0. The van der Waals surface area contributed by atoms with Crippen molar-refractivity contribution in [2.75, 3.05) is 53.4 Å². The number of imide groups is 2. The van der Waals surface area contributed by atoms with Crippen molar-refractivity contribution < 1.29 is 66.9 Å². The van der Waals surface area contributed by atoms with Crippen LogP contribution in [0.25, 0.3) is 43.1 Å². The molecular formula is C92H84N8O14.